The molecule has 1 unspecified atom stereocenters. The molecule has 27 heavy (non-hydrogen) atoms. The van der Waals surface area contributed by atoms with Crippen molar-refractivity contribution < 1.29 is 0 Å². The van der Waals surface area contributed by atoms with Crippen LogP contribution >= 0.6 is 11.6 Å². The average Bonchev–Trinajstić information content (AvgIpc) is 3.22. The van der Waals surface area contributed by atoms with Gasteiger partial charge < -0.3 is 10.6 Å². The molecule has 0 amide bonds. The molecule has 0 aliphatic heterocycles. The summed E-state index contributed by atoms with van der Waals surface area (Å²) >= 11 is 5.97. The number of hydrogen-bond acceptors (Lipinski definition) is 3. The number of rotatable bonds is 6. The van der Waals surface area contributed by atoms with Gasteiger partial charge in [-0.25, -0.2) is 9.98 Å². The van der Waals surface area contributed by atoms with E-state index in [2.05, 4.69) is 51.8 Å². The van der Waals surface area contributed by atoms with E-state index in [4.69, 9.17) is 16.6 Å². The molecule has 0 bridgehead atoms. The summed E-state index contributed by atoms with van der Waals surface area (Å²) in [6.45, 7) is 5.50. The number of halogens is 1. The molecule has 6 nitrogen and oxygen atoms in total. The third-order valence-electron chi connectivity index (χ3n) is 4.10. The number of H-pyrrole nitrogens is 1. The van der Waals surface area contributed by atoms with Crippen LogP contribution < -0.4 is 10.6 Å². The predicted molar refractivity (Wildman–Crippen MR) is 110 cm³/mol. The van der Waals surface area contributed by atoms with Crippen LogP contribution in [0.4, 0.5) is 0 Å². The van der Waals surface area contributed by atoms with Crippen LogP contribution in [0.25, 0.3) is 11.4 Å². The summed E-state index contributed by atoms with van der Waals surface area (Å²) in [5, 5.41) is 14.2. The molecule has 0 radical (unpaired) electrons. The molecule has 7 heteroatoms. The van der Waals surface area contributed by atoms with Gasteiger partial charge in [0, 0.05) is 17.1 Å². The quantitative estimate of drug-likeness (QED) is 0.445. The number of benzene rings is 2. The van der Waals surface area contributed by atoms with Gasteiger partial charge in [0.2, 0.25) is 0 Å². The lowest BCUT2D eigenvalue weighted by atomic mass is 10.1. The highest BCUT2D eigenvalue weighted by molar-refractivity contribution is 6.30. The first-order valence-corrected chi connectivity index (χ1v) is 9.28. The first kappa shape index (κ1) is 18.9. The fraction of sp³-hybridized carbons (Fsp3) is 0.250. The molecule has 0 aliphatic carbocycles. The van der Waals surface area contributed by atoms with Crippen molar-refractivity contribution in [1.82, 2.24) is 25.8 Å². The predicted octanol–water partition coefficient (Wildman–Crippen LogP) is 3.94. The van der Waals surface area contributed by atoms with Gasteiger partial charge in [-0.2, -0.15) is 5.10 Å². The lowest BCUT2D eigenvalue weighted by Gasteiger charge is -2.18. The molecule has 0 spiro atoms. The van der Waals surface area contributed by atoms with Gasteiger partial charge in [0.15, 0.2) is 11.8 Å². The van der Waals surface area contributed by atoms with Gasteiger partial charge in [0.1, 0.15) is 6.33 Å². The van der Waals surface area contributed by atoms with E-state index in [0.29, 0.717) is 6.54 Å². The molecule has 0 fully saturated rings. The van der Waals surface area contributed by atoms with Crippen molar-refractivity contribution in [2.45, 2.75) is 26.4 Å². The second kappa shape index (κ2) is 9.19. The second-order valence-electron chi connectivity index (χ2n) is 6.15. The van der Waals surface area contributed by atoms with Crippen molar-refractivity contribution in [1.29, 1.82) is 0 Å². The topological polar surface area (TPSA) is 78.0 Å². The van der Waals surface area contributed by atoms with E-state index in [1.165, 1.54) is 6.33 Å². The number of nitrogens with zero attached hydrogens (tertiary/aromatic N) is 3. The van der Waals surface area contributed by atoms with Gasteiger partial charge in [-0.15, -0.1) is 0 Å². The second-order valence-corrected chi connectivity index (χ2v) is 6.58. The van der Waals surface area contributed by atoms with E-state index in [0.717, 1.165) is 40.0 Å². The highest BCUT2D eigenvalue weighted by Gasteiger charge is 2.08. The molecule has 3 N–H and O–H groups in total. The average molecular weight is 383 g/mol. The minimum Gasteiger partial charge on any atom is -0.357 e. The van der Waals surface area contributed by atoms with Gasteiger partial charge >= 0.3 is 0 Å². The summed E-state index contributed by atoms with van der Waals surface area (Å²) in [6.07, 6.45) is 1.51. The zero-order valence-electron chi connectivity index (χ0n) is 15.4. The third kappa shape index (κ3) is 5.31. The van der Waals surface area contributed by atoms with Crippen LogP contribution in [-0.2, 0) is 6.54 Å². The third-order valence-corrected chi connectivity index (χ3v) is 4.35. The number of nitrogens with one attached hydrogen (secondary N) is 3. The monoisotopic (exact) mass is 382 g/mol. The summed E-state index contributed by atoms with van der Waals surface area (Å²) in [7, 11) is 0. The van der Waals surface area contributed by atoms with Crippen molar-refractivity contribution in [3.63, 3.8) is 0 Å². The summed E-state index contributed by atoms with van der Waals surface area (Å²) in [4.78, 5) is 8.91. The van der Waals surface area contributed by atoms with E-state index < -0.39 is 0 Å². The minimum atomic E-state index is 0.112. The summed E-state index contributed by atoms with van der Waals surface area (Å²) in [5.41, 5.74) is 3.24. The van der Waals surface area contributed by atoms with Gasteiger partial charge in [0.05, 0.1) is 12.6 Å². The molecule has 1 atom stereocenters. The maximum atomic E-state index is 5.97. The SMILES string of the molecule is CCNC(=NCc1cccc(-c2ncn[nH]2)c1)NC(C)c1ccc(Cl)cc1. The minimum absolute atomic E-state index is 0.112. The zero-order chi connectivity index (χ0) is 19.1. The normalized spacial score (nSPS) is 12.6. The molecular weight excluding hydrogens is 360 g/mol. The summed E-state index contributed by atoms with van der Waals surface area (Å²) in [6, 6.07) is 16.1. The molecule has 2 aromatic carbocycles. The van der Waals surface area contributed by atoms with E-state index in [1.54, 1.807) is 0 Å². The highest BCUT2D eigenvalue weighted by atomic mass is 35.5. The van der Waals surface area contributed by atoms with Crippen LogP contribution in [0.3, 0.4) is 0 Å². The van der Waals surface area contributed by atoms with Crippen molar-refractivity contribution in [3.05, 3.63) is 71.0 Å². The Labute approximate surface area is 164 Å². The van der Waals surface area contributed by atoms with Gasteiger partial charge in [0.25, 0.3) is 0 Å². The number of aromatic amines is 1. The lowest BCUT2D eigenvalue weighted by Crippen LogP contribution is -2.38. The Balaban J connectivity index is 1.70. The zero-order valence-corrected chi connectivity index (χ0v) is 16.2. The fourth-order valence-corrected chi connectivity index (χ4v) is 2.82. The van der Waals surface area contributed by atoms with Gasteiger partial charge in [-0.3, -0.25) is 5.10 Å². The number of guanidine groups is 1. The molecule has 0 saturated carbocycles. The van der Waals surface area contributed by atoms with Crippen molar-refractivity contribution >= 4 is 17.6 Å². The van der Waals surface area contributed by atoms with Crippen LogP contribution in [0.2, 0.25) is 5.02 Å². The Bertz CT molecular complexity index is 874. The highest BCUT2D eigenvalue weighted by Crippen LogP contribution is 2.17. The molecule has 3 aromatic rings. The standard InChI is InChI=1S/C20H23ClN6/c1-3-22-20(26-14(2)16-7-9-18(21)10-8-16)23-12-15-5-4-6-17(11-15)19-24-13-25-27-19/h4-11,13-14H,3,12H2,1-2H3,(H2,22,23,26)(H,24,25,27). The first-order chi connectivity index (χ1) is 13.2. The molecule has 0 saturated heterocycles. The van der Waals surface area contributed by atoms with E-state index >= 15 is 0 Å². The molecular formula is C20H23ClN6. The van der Waals surface area contributed by atoms with Crippen LogP contribution in [0.1, 0.15) is 31.0 Å². The van der Waals surface area contributed by atoms with Crippen LogP contribution in [0.15, 0.2) is 59.9 Å². The Kier molecular flexibility index (Phi) is 6.44. The van der Waals surface area contributed by atoms with E-state index in [1.807, 2.05) is 36.4 Å². The Morgan fingerprint density at radius 1 is 1.22 bits per heavy atom. The van der Waals surface area contributed by atoms with Crippen LogP contribution in [0.5, 0.6) is 0 Å². The smallest absolute Gasteiger partial charge is 0.192 e. The molecule has 1 aromatic heterocycles. The summed E-state index contributed by atoms with van der Waals surface area (Å²) < 4.78 is 0. The molecule has 1 heterocycles. The maximum absolute atomic E-state index is 5.97. The van der Waals surface area contributed by atoms with Crippen LogP contribution in [0, 0.1) is 0 Å². The van der Waals surface area contributed by atoms with E-state index in [-0.39, 0.29) is 6.04 Å². The van der Waals surface area contributed by atoms with E-state index in [9.17, 15) is 0 Å². The molecule has 0 aliphatic rings. The van der Waals surface area contributed by atoms with Crippen molar-refractivity contribution in [2.24, 2.45) is 4.99 Å². The Hall–Kier alpha value is -2.86. The lowest BCUT2D eigenvalue weighted by molar-refractivity contribution is 0.686. The Morgan fingerprint density at radius 2 is 2.04 bits per heavy atom. The number of aromatic nitrogens is 3. The van der Waals surface area contributed by atoms with Crippen molar-refractivity contribution in [3.8, 4) is 11.4 Å². The first-order valence-electron chi connectivity index (χ1n) is 8.90. The number of aliphatic imine (C=N–C) groups is 1. The van der Waals surface area contributed by atoms with Crippen molar-refractivity contribution in [2.75, 3.05) is 6.54 Å². The Morgan fingerprint density at radius 3 is 2.74 bits per heavy atom. The largest absolute Gasteiger partial charge is 0.357 e. The van der Waals surface area contributed by atoms with Gasteiger partial charge in [-0.05, 0) is 43.2 Å². The molecule has 3 rings (SSSR count). The maximum Gasteiger partial charge on any atom is 0.192 e. The fourth-order valence-electron chi connectivity index (χ4n) is 2.69. The number of hydrogen-bond donors (Lipinski definition) is 3. The van der Waals surface area contributed by atoms with Crippen LogP contribution in [-0.4, -0.2) is 27.7 Å². The summed E-state index contributed by atoms with van der Waals surface area (Å²) in [5.74, 6) is 1.52. The van der Waals surface area contributed by atoms with Gasteiger partial charge in [-0.1, -0.05) is 41.9 Å². The molecule has 140 valence electrons.